The van der Waals surface area contributed by atoms with Crippen LogP contribution in [0.4, 0.5) is 8.78 Å². The molecule has 2 bridgehead atoms. The molecule has 0 nitrogen and oxygen atoms in total. The minimum atomic E-state index is -2.35. The summed E-state index contributed by atoms with van der Waals surface area (Å²) < 4.78 is 26.0. The van der Waals surface area contributed by atoms with E-state index in [0.717, 1.165) is 12.8 Å². The molecule has 86 valence electrons. The van der Waals surface area contributed by atoms with E-state index < -0.39 is 5.92 Å². The van der Waals surface area contributed by atoms with Crippen molar-refractivity contribution in [3.8, 4) is 0 Å². The fraction of sp³-hybridized carbons (Fsp3) is 1.00. The zero-order valence-electron chi connectivity index (χ0n) is 9.49. The highest BCUT2D eigenvalue weighted by atomic mass is 19.3. The van der Waals surface area contributed by atoms with Gasteiger partial charge in [-0.15, -0.1) is 0 Å². The zero-order chi connectivity index (χ0) is 10.7. The summed E-state index contributed by atoms with van der Waals surface area (Å²) >= 11 is 0. The van der Waals surface area contributed by atoms with Crippen LogP contribution in [-0.4, -0.2) is 5.92 Å². The normalized spacial score (nSPS) is 48.2. The molecule has 0 heterocycles. The van der Waals surface area contributed by atoms with Crippen LogP contribution < -0.4 is 0 Å². The quantitative estimate of drug-likeness (QED) is 0.639. The summed E-state index contributed by atoms with van der Waals surface area (Å²) in [6.07, 6.45) is 7.22. The maximum Gasteiger partial charge on any atom is 0.248 e. The van der Waals surface area contributed by atoms with Gasteiger partial charge in [-0.25, -0.2) is 8.78 Å². The van der Waals surface area contributed by atoms with Crippen molar-refractivity contribution >= 4 is 0 Å². The van der Waals surface area contributed by atoms with Gasteiger partial charge in [-0.3, -0.25) is 0 Å². The molecule has 4 aliphatic carbocycles. The first-order chi connectivity index (χ1) is 6.91. The number of halogens is 2. The number of rotatable bonds is 2. The fourth-order valence-electron chi connectivity index (χ4n) is 4.69. The molecule has 2 heteroatoms. The molecular formula is C13H20F2. The Balaban J connectivity index is 1.50. The Bertz CT molecular complexity index is 252. The Kier molecular flexibility index (Phi) is 1.84. The van der Waals surface area contributed by atoms with E-state index >= 15 is 0 Å². The van der Waals surface area contributed by atoms with E-state index in [4.69, 9.17) is 0 Å². The summed E-state index contributed by atoms with van der Waals surface area (Å²) in [5.41, 5.74) is 1.28. The molecule has 0 unspecified atom stereocenters. The molecule has 0 amide bonds. The van der Waals surface area contributed by atoms with Crippen LogP contribution in [0, 0.1) is 16.7 Å². The molecule has 4 rings (SSSR count). The Morgan fingerprint density at radius 2 is 1.60 bits per heavy atom. The Morgan fingerprint density at radius 3 is 2.07 bits per heavy atom. The van der Waals surface area contributed by atoms with Crippen molar-refractivity contribution < 1.29 is 8.78 Å². The van der Waals surface area contributed by atoms with Crippen molar-refractivity contribution in [2.45, 2.75) is 64.2 Å². The topological polar surface area (TPSA) is 0 Å². The number of hydrogen-bond acceptors (Lipinski definition) is 0. The van der Waals surface area contributed by atoms with Gasteiger partial charge in [0.1, 0.15) is 0 Å². The minimum absolute atomic E-state index is 0.144. The van der Waals surface area contributed by atoms with Crippen molar-refractivity contribution in [2.75, 3.05) is 0 Å². The first-order valence-electron chi connectivity index (χ1n) is 6.28. The third kappa shape index (κ3) is 1.60. The lowest BCUT2D eigenvalue weighted by atomic mass is 9.34. The molecule has 15 heavy (non-hydrogen) atoms. The highest BCUT2D eigenvalue weighted by Crippen LogP contribution is 2.75. The first kappa shape index (κ1) is 10.0. The lowest BCUT2D eigenvalue weighted by Gasteiger charge is -2.71. The summed E-state index contributed by atoms with van der Waals surface area (Å²) in [6.45, 7) is 2.36. The maximum atomic E-state index is 13.0. The molecule has 4 saturated carbocycles. The Morgan fingerprint density at radius 1 is 1.07 bits per heavy atom. The van der Waals surface area contributed by atoms with Gasteiger partial charge in [-0.1, -0.05) is 6.92 Å². The second kappa shape index (κ2) is 2.75. The van der Waals surface area contributed by atoms with Crippen molar-refractivity contribution in [2.24, 2.45) is 16.7 Å². The first-order valence-corrected chi connectivity index (χ1v) is 6.28. The summed E-state index contributed by atoms with van der Waals surface area (Å²) in [6, 6.07) is 0. The average molecular weight is 214 g/mol. The monoisotopic (exact) mass is 214 g/mol. The number of alkyl halides is 2. The van der Waals surface area contributed by atoms with Crippen molar-refractivity contribution in [3.63, 3.8) is 0 Å². The molecule has 0 aromatic rings. The molecule has 0 N–H and O–H groups in total. The Hall–Kier alpha value is -0.140. The van der Waals surface area contributed by atoms with Crippen LogP contribution in [0.3, 0.4) is 0 Å². The van der Waals surface area contributed by atoms with Crippen LogP contribution in [0.1, 0.15) is 58.3 Å². The van der Waals surface area contributed by atoms with Gasteiger partial charge in [0.05, 0.1) is 0 Å². The molecule has 0 atom stereocenters. The lowest BCUT2D eigenvalue weighted by molar-refractivity contribution is -0.205. The van der Waals surface area contributed by atoms with Crippen LogP contribution in [0.15, 0.2) is 0 Å². The van der Waals surface area contributed by atoms with Gasteiger partial charge in [-0.05, 0) is 55.3 Å². The third-order valence-electron chi connectivity index (χ3n) is 4.96. The van der Waals surface area contributed by atoms with Crippen LogP contribution in [0.2, 0.25) is 0 Å². The van der Waals surface area contributed by atoms with E-state index in [1.54, 1.807) is 0 Å². The lowest BCUT2D eigenvalue weighted by Crippen LogP contribution is -2.60. The fourth-order valence-corrected chi connectivity index (χ4v) is 4.69. The van der Waals surface area contributed by atoms with E-state index in [9.17, 15) is 8.78 Å². The Labute approximate surface area is 90.4 Å². The predicted molar refractivity (Wildman–Crippen MR) is 55.9 cm³/mol. The summed E-state index contributed by atoms with van der Waals surface area (Å²) in [7, 11) is 0. The second-order valence-corrected chi connectivity index (χ2v) is 6.84. The van der Waals surface area contributed by atoms with Crippen molar-refractivity contribution in [1.82, 2.24) is 0 Å². The summed E-state index contributed by atoms with van der Waals surface area (Å²) in [5.74, 6) is -1.74. The van der Waals surface area contributed by atoms with Crippen molar-refractivity contribution in [3.05, 3.63) is 0 Å². The maximum absolute atomic E-state index is 13.0. The SMILES string of the molecule is CC12CC(CC3CCC(F)(F)CC3)(C1)C2. The molecule has 4 fully saturated rings. The minimum Gasteiger partial charge on any atom is -0.207 e. The molecule has 0 saturated heterocycles. The molecule has 0 aromatic carbocycles. The van der Waals surface area contributed by atoms with Crippen LogP contribution in [0.5, 0.6) is 0 Å². The number of hydrogen-bond donors (Lipinski definition) is 0. The molecule has 0 aromatic heterocycles. The van der Waals surface area contributed by atoms with Crippen LogP contribution in [0.25, 0.3) is 0 Å². The van der Waals surface area contributed by atoms with Crippen LogP contribution >= 0.6 is 0 Å². The van der Waals surface area contributed by atoms with E-state index in [1.165, 1.54) is 25.7 Å². The predicted octanol–water partition coefficient (Wildman–Crippen LogP) is 4.39. The van der Waals surface area contributed by atoms with E-state index in [2.05, 4.69) is 6.92 Å². The molecule has 0 aliphatic heterocycles. The second-order valence-electron chi connectivity index (χ2n) is 6.84. The van der Waals surface area contributed by atoms with Gasteiger partial charge >= 0.3 is 0 Å². The van der Waals surface area contributed by atoms with Gasteiger partial charge in [0.15, 0.2) is 0 Å². The van der Waals surface area contributed by atoms with Gasteiger partial charge < -0.3 is 0 Å². The smallest absolute Gasteiger partial charge is 0.207 e. The van der Waals surface area contributed by atoms with Gasteiger partial charge in [0, 0.05) is 12.8 Å². The molecule has 0 radical (unpaired) electrons. The van der Waals surface area contributed by atoms with Crippen LogP contribution in [-0.2, 0) is 0 Å². The summed E-state index contributed by atoms with van der Waals surface area (Å²) in [4.78, 5) is 0. The zero-order valence-corrected chi connectivity index (χ0v) is 9.49. The van der Waals surface area contributed by atoms with Gasteiger partial charge in [0.2, 0.25) is 5.92 Å². The molecular weight excluding hydrogens is 194 g/mol. The molecule has 0 spiro atoms. The highest BCUT2D eigenvalue weighted by molar-refractivity contribution is 5.15. The van der Waals surface area contributed by atoms with E-state index in [-0.39, 0.29) is 12.8 Å². The third-order valence-corrected chi connectivity index (χ3v) is 4.96. The largest absolute Gasteiger partial charge is 0.248 e. The van der Waals surface area contributed by atoms with Gasteiger partial charge in [0.25, 0.3) is 0 Å². The standard InChI is InChI=1S/C13H20F2/c1-11-7-12(8-11,9-11)6-10-2-4-13(14,15)5-3-10/h10H,2-9H2,1H3. The van der Waals surface area contributed by atoms with Gasteiger partial charge in [-0.2, -0.15) is 0 Å². The highest BCUT2D eigenvalue weighted by Gasteiger charge is 2.64. The molecule has 4 aliphatic rings. The van der Waals surface area contributed by atoms with E-state index in [0.29, 0.717) is 16.7 Å². The van der Waals surface area contributed by atoms with E-state index in [1.807, 2.05) is 0 Å². The summed E-state index contributed by atoms with van der Waals surface area (Å²) in [5, 5.41) is 0. The van der Waals surface area contributed by atoms with Crippen molar-refractivity contribution in [1.29, 1.82) is 0 Å². The average Bonchev–Trinajstić information content (AvgIpc) is 2.04.